The van der Waals surface area contributed by atoms with Crippen molar-refractivity contribution in [3.8, 4) is 0 Å². The fourth-order valence-corrected chi connectivity index (χ4v) is 3.97. The molecule has 5 aromatic rings. The van der Waals surface area contributed by atoms with Gasteiger partial charge in [0, 0.05) is 29.2 Å². The smallest absolute Gasteiger partial charge is 0.257 e. The summed E-state index contributed by atoms with van der Waals surface area (Å²) in [6.45, 7) is 2.71. The lowest BCUT2D eigenvalue weighted by Crippen LogP contribution is -2.25. The average molecular weight is 440 g/mol. The van der Waals surface area contributed by atoms with Crippen LogP contribution in [0.3, 0.4) is 0 Å². The number of hydrogen-bond acceptors (Lipinski definition) is 5. The van der Waals surface area contributed by atoms with Crippen molar-refractivity contribution in [2.75, 3.05) is 12.3 Å². The summed E-state index contributed by atoms with van der Waals surface area (Å²) in [7, 11) is 0. The molecule has 0 radical (unpaired) electrons. The van der Waals surface area contributed by atoms with Crippen LogP contribution in [-0.4, -0.2) is 38.3 Å². The second kappa shape index (κ2) is 8.74. The maximum absolute atomic E-state index is 13.1. The number of carbonyl (C=O) groups is 1. The van der Waals surface area contributed by atoms with E-state index in [0.717, 1.165) is 35.7 Å². The molecule has 0 saturated heterocycles. The minimum Gasteiger partial charge on any atom is -0.383 e. The van der Waals surface area contributed by atoms with Gasteiger partial charge in [-0.25, -0.2) is 9.97 Å². The first-order valence-electron chi connectivity index (χ1n) is 11.1. The SMILES string of the molecule is CCCCCNC(=O)c1c(N)n(N=Cc2c[nH]c3ccccc23)c2nc3ccccc3nc12. The van der Waals surface area contributed by atoms with E-state index >= 15 is 0 Å². The Labute approximate surface area is 190 Å². The van der Waals surface area contributed by atoms with E-state index in [4.69, 9.17) is 15.7 Å². The van der Waals surface area contributed by atoms with E-state index in [2.05, 4.69) is 22.3 Å². The zero-order valence-electron chi connectivity index (χ0n) is 18.4. The van der Waals surface area contributed by atoms with Crippen molar-refractivity contribution in [3.05, 3.63) is 65.9 Å². The minimum atomic E-state index is -0.265. The lowest BCUT2D eigenvalue weighted by atomic mass is 10.2. The quantitative estimate of drug-likeness (QED) is 0.257. The molecule has 166 valence electrons. The molecule has 3 heterocycles. The van der Waals surface area contributed by atoms with Crippen molar-refractivity contribution in [1.82, 2.24) is 24.9 Å². The fourth-order valence-electron chi connectivity index (χ4n) is 3.97. The third-order valence-corrected chi connectivity index (χ3v) is 5.70. The maximum Gasteiger partial charge on any atom is 0.257 e. The van der Waals surface area contributed by atoms with Gasteiger partial charge < -0.3 is 16.0 Å². The molecular formula is C25H25N7O. The van der Waals surface area contributed by atoms with Gasteiger partial charge in [-0.2, -0.15) is 9.78 Å². The summed E-state index contributed by atoms with van der Waals surface area (Å²) in [6.07, 6.45) is 6.65. The molecule has 8 nitrogen and oxygen atoms in total. The number of hydrogen-bond donors (Lipinski definition) is 3. The third-order valence-electron chi connectivity index (χ3n) is 5.70. The van der Waals surface area contributed by atoms with Gasteiger partial charge in [-0.3, -0.25) is 4.79 Å². The van der Waals surface area contributed by atoms with Gasteiger partial charge in [0.2, 0.25) is 0 Å². The molecule has 0 aliphatic carbocycles. The molecule has 0 unspecified atom stereocenters. The first-order chi connectivity index (χ1) is 16.2. The van der Waals surface area contributed by atoms with Crippen molar-refractivity contribution >= 4 is 51.0 Å². The van der Waals surface area contributed by atoms with Gasteiger partial charge in [-0.05, 0) is 24.6 Å². The predicted octanol–water partition coefficient (Wildman–Crippen LogP) is 4.45. The number of unbranched alkanes of at least 4 members (excludes halogenated alkanes) is 2. The van der Waals surface area contributed by atoms with E-state index in [9.17, 15) is 4.79 Å². The van der Waals surface area contributed by atoms with Gasteiger partial charge in [-0.15, -0.1) is 0 Å². The zero-order valence-corrected chi connectivity index (χ0v) is 18.4. The molecule has 0 bridgehead atoms. The molecular weight excluding hydrogens is 414 g/mol. The fraction of sp³-hybridized carbons (Fsp3) is 0.200. The third kappa shape index (κ3) is 3.80. The molecule has 8 heteroatoms. The number of benzene rings is 2. The van der Waals surface area contributed by atoms with Crippen LogP contribution < -0.4 is 11.1 Å². The molecule has 0 saturated carbocycles. The van der Waals surface area contributed by atoms with Crippen LogP contribution >= 0.6 is 0 Å². The van der Waals surface area contributed by atoms with E-state index in [-0.39, 0.29) is 11.7 Å². The highest BCUT2D eigenvalue weighted by atomic mass is 16.1. The normalized spacial score (nSPS) is 11.8. The number of amides is 1. The van der Waals surface area contributed by atoms with Gasteiger partial charge in [0.05, 0.1) is 17.2 Å². The van der Waals surface area contributed by atoms with E-state index in [1.165, 1.54) is 4.68 Å². The molecule has 0 aliphatic rings. The Balaban J connectivity index is 1.62. The van der Waals surface area contributed by atoms with E-state index in [1.807, 2.05) is 54.7 Å². The Morgan fingerprint density at radius 2 is 1.88 bits per heavy atom. The van der Waals surface area contributed by atoms with E-state index < -0.39 is 0 Å². The summed E-state index contributed by atoms with van der Waals surface area (Å²) in [5, 5.41) is 8.62. The van der Waals surface area contributed by atoms with Gasteiger partial charge in [0.1, 0.15) is 16.9 Å². The predicted molar refractivity (Wildman–Crippen MR) is 133 cm³/mol. The zero-order chi connectivity index (χ0) is 22.8. The number of aromatic amines is 1. The molecule has 1 amide bonds. The molecule has 2 aromatic carbocycles. The van der Waals surface area contributed by atoms with Crippen LogP contribution in [0.5, 0.6) is 0 Å². The van der Waals surface area contributed by atoms with Gasteiger partial charge >= 0.3 is 0 Å². The van der Waals surface area contributed by atoms with Gasteiger partial charge in [-0.1, -0.05) is 50.1 Å². The summed E-state index contributed by atoms with van der Waals surface area (Å²) in [5.41, 5.74) is 11.0. The number of H-pyrrole nitrogens is 1. The molecule has 0 fully saturated rings. The highest BCUT2D eigenvalue weighted by Crippen LogP contribution is 2.28. The summed E-state index contributed by atoms with van der Waals surface area (Å²) < 4.78 is 1.50. The number of nitrogens with one attached hydrogen (secondary N) is 2. The largest absolute Gasteiger partial charge is 0.383 e. The molecule has 0 atom stereocenters. The Kier molecular flexibility index (Phi) is 5.48. The number of rotatable bonds is 7. The maximum atomic E-state index is 13.1. The van der Waals surface area contributed by atoms with Crippen LogP contribution in [0.2, 0.25) is 0 Å². The summed E-state index contributed by atoms with van der Waals surface area (Å²) in [4.78, 5) is 25.8. The number of nitrogen functional groups attached to an aromatic ring is 1. The number of para-hydroxylation sites is 3. The second-order valence-electron chi connectivity index (χ2n) is 7.95. The Morgan fingerprint density at radius 3 is 2.70 bits per heavy atom. The van der Waals surface area contributed by atoms with E-state index in [1.54, 1.807) is 6.21 Å². The summed E-state index contributed by atoms with van der Waals surface area (Å²) >= 11 is 0. The molecule has 4 N–H and O–H groups in total. The van der Waals surface area contributed by atoms with Gasteiger partial charge in [0.15, 0.2) is 5.65 Å². The first kappa shape index (κ1) is 20.7. The lowest BCUT2D eigenvalue weighted by molar-refractivity contribution is 0.0955. The van der Waals surface area contributed by atoms with Crippen molar-refractivity contribution < 1.29 is 4.79 Å². The second-order valence-corrected chi connectivity index (χ2v) is 7.95. The van der Waals surface area contributed by atoms with Crippen molar-refractivity contribution in [2.24, 2.45) is 5.10 Å². The molecule has 3 aromatic heterocycles. The first-order valence-corrected chi connectivity index (χ1v) is 11.1. The molecule has 33 heavy (non-hydrogen) atoms. The molecule has 0 aliphatic heterocycles. The van der Waals surface area contributed by atoms with Crippen LogP contribution in [0.4, 0.5) is 5.82 Å². The standard InChI is InChI=1S/C25H25N7O/c1-2-3-8-13-27-25(33)21-22-24(31-20-12-7-6-11-19(20)30-22)32(23(21)26)29-15-16-14-28-18-10-5-4-9-17(16)18/h4-7,9-12,14-15,28H,2-3,8,13,26H2,1H3,(H,27,33). The summed E-state index contributed by atoms with van der Waals surface area (Å²) in [6, 6.07) is 15.5. The van der Waals surface area contributed by atoms with Crippen molar-refractivity contribution in [1.29, 1.82) is 0 Å². The number of nitrogens with zero attached hydrogens (tertiary/aromatic N) is 4. The number of anilines is 1. The van der Waals surface area contributed by atoms with Crippen LogP contribution in [0.1, 0.15) is 42.1 Å². The highest BCUT2D eigenvalue weighted by molar-refractivity contribution is 6.11. The minimum absolute atomic E-state index is 0.212. The van der Waals surface area contributed by atoms with Crippen molar-refractivity contribution in [2.45, 2.75) is 26.2 Å². The topological polar surface area (TPSA) is 114 Å². The summed E-state index contributed by atoms with van der Waals surface area (Å²) in [5.74, 6) is -0.0522. The van der Waals surface area contributed by atoms with E-state index in [0.29, 0.717) is 34.3 Å². The highest BCUT2D eigenvalue weighted by Gasteiger charge is 2.23. The number of fused-ring (bicyclic) bond motifs is 3. The van der Waals surface area contributed by atoms with Crippen molar-refractivity contribution in [3.63, 3.8) is 0 Å². The number of aromatic nitrogens is 4. The van der Waals surface area contributed by atoms with Crippen LogP contribution in [0.15, 0.2) is 59.8 Å². The van der Waals surface area contributed by atoms with Crippen LogP contribution in [0.25, 0.3) is 33.1 Å². The monoisotopic (exact) mass is 439 g/mol. The Bertz CT molecular complexity index is 1500. The average Bonchev–Trinajstić information content (AvgIpc) is 3.36. The Morgan fingerprint density at radius 1 is 1.12 bits per heavy atom. The van der Waals surface area contributed by atoms with Crippen LogP contribution in [-0.2, 0) is 0 Å². The van der Waals surface area contributed by atoms with Gasteiger partial charge in [0.25, 0.3) is 5.91 Å². The Hall–Kier alpha value is -4.20. The van der Waals surface area contributed by atoms with Crippen LogP contribution in [0, 0.1) is 0 Å². The number of carbonyl (C=O) groups excluding carboxylic acids is 1. The number of nitrogens with two attached hydrogens (primary N) is 1. The molecule has 0 spiro atoms. The lowest BCUT2D eigenvalue weighted by Gasteiger charge is -2.04. The molecule has 5 rings (SSSR count).